The number of rotatable bonds is 7. The maximum absolute atomic E-state index is 11.9. The van der Waals surface area contributed by atoms with E-state index in [4.69, 9.17) is 8.85 Å². The van der Waals surface area contributed by atoms with E-state index in [1.807, 2.05) is 0 Å². The molecule has 0 saturated heterocycles. The Morgan fingerprint density at radius 1 is 0.947 bits per heavy atom. The third-order valence-electron chi connectivity index (χ3n) is 12.0. The average molecular weight is 565 g/mol. The van der Waals surface area contributed by atoms with Gasteiger partial charge in [-0.3, -0.25) is 0 Å². The second kappa shape index (κ2) is 12.1. The van der Waals surface area contributed by atoms with Gasteiger partial charge < -0.3 is 13.6 Å². The van der Waals surface area contributed by atoms with Crippen LogP contribution in [0.2, 0.25) is 37.8 Å². The van der Waals surface area contributed by atoms with Gasteiger partial charge in [0.2, 0.25) is 0 Å². The van der Waals surface area contributed by atoms with Crippen molar-refractivity contribution >= 4 is 22.9 Å². The van der Waals surface area contributed by atoms with Gasteiger partial charge in [0.1, 0.15) is 6.29 Å². The van der Waals surface area contributed by atoms with E-state index in [-0.39, 0.29) is 16.4 Å². The number of hydrogen-bond donors (Lipinski definition) is 0. The van der Waals surface area contributed by atoms with Gasteiger partial charge in [-0.1, -0.05) is 54.9 Å². The first kappa shape index (κ1) is 32.5. The van der Waals surface area contributed by atoms with Gasteiger partial charge in [0.05, 0.1) is 6.10 Å². The van der Waals surface area contributed by atoms with E-state index in [9.17, 15) is 4.79 Å². The summed E-state index contributed by atoms with van der Waals surface area (Å²) < 4.78 is 14.4. The standard InChI is InChI=1S/C33H64O3Si2/c1-13-25-15-17-26(35-38(11,12)32(4,5)6)16-14-23(2)27-20-21-33(7)28(24(3)22-34)18-19-29(33)30(27)31(25)36-37(8,9)10/h22-31H,13-21H2,1-12H3/t23?,24-,25-,26?,27-,28?,29+,30-,31?,33?/m1/s1. The molecule has 5 unspecified atom stereocenters. The van der Waals surface area contributed by atoms with E-state index in [1.54, 1.807) is 0 Å². The van der Waals surface area contributed by atoms with Crippen LogP contribution in [0.1, 0.15) is 106 Å². The number of carbonyl (C=O) groups is 1. The maximum atomic E-state index is 11.9. The molecule has 38 heavy (non-hydrogen) atoms. The van der Waals surface area contributed by atoms with Crippen molar-refractivity contribution in [1.29, 1.82) is 0 Å². The van der Waals surface area contributed by atoms with Crippen LogP contribution in [0.4, 0.5) is 0 Å². The summed E-state index contributed by atoms with van der Waals surface area (Å²) >= 11 is 0. The SMILES string of the molecule is CC[C@@H]1CCC(O[Si](C)(C)C(C)(C)C)CCC(C)[C@H]2CCC3(C)C([C@H](C)C=O)CC[C@H]3[C@@H]2C1O[Si](C)(C)C. The third-order valence-corrected chi connectivity index (χ3v) is 17.5. The smallest absolute Gasteiger partial charge is 0.192 e. The van der Waals surface area contributed by atoms with Crippen LogP contribution in [0.15, 0.2) is 0 Å². The molecule has 0 radical (unpaired) electrons. The van der Waals surface area contributed by atoms with Crippen molar-refractivity contribution in [2.75, 3.05) is 0 Å². The fraction of sp³-hybridized carbons (Fsp3) is 0.970. The number of hydrogen-bond acceptors (Lipinski definition) is 3. The molecule has 0 aromatic heterocycles. The molecule has 0 bridgehead atoms. The molecule has 0 heterocycles. The highest BCUT2D eigenvalue weighted by Crippen LogP contribution is 2.63. The van der Waals surface area contributed by atoms with Gasteiger partial charge in [0.25, 0.3) is 0 Å². The number of aldehydes is 1. The molecule has 3 nitrogen and oxygen atoms in total. The molecule has 0 aliphatic heterocycles. The fourth-order valence-electron chi connectivity index (χ4n) is 8.78. The average Bonchev–Trinajstić information content (AvgIpc) is 3.15. The monoisotopic (exact) mass is 564 g/mol. The van der Waals surface area contributed by atoms with Crippen LogP contribution in [-0.4, -0.2) is 35.1 Å². The molecule has 3 aliphatic carbocycles. The van der Waals surface area contributed by atoms with Crippen molar-refractivity contribution in [3.63, 3.8) is 0 Å². The summed E-state index contributed by atoms with van der Waals surface area (Å²) in [6, 6.07) is 0. The van der Waals surface area contributed by atoms with Crippen LogP contribution in [0.5, 0.6) is 0 Å². The molecule has 0 aromatic carbocycles. The van der Waals surface area contributed by atoms with Gasteiger partial charge in [0.15, 0.2) is 16.6 Å². The Balaban J connectivity index is 1.99. The van der Waals surface area contributed by atoms with Crippen LogP contribution < -0.4 is 0 Å². The van der Waals surface area contributed by atoms with E-state index in [0.29, 0.717) is 41.8 Å². The molecular weight excluding hydrogens is 501 g/mol. The van der Waals surface area contributed by atoms with Crippen LogP contribution in [-0.2, 0) is 13.6 Å². The first-order chi connectivity index (χ1) is 17.4. The second-order valence-electron chi connectivity index (χ2n) is 16.6. The van der Waals surface area contributed by atoms with Gasteiger partial charge in [-0.25, -0.2) is 0 Å². The highest BCUT2D eigenvalue weighted by atomic mass is 28.4. The molecule has 222 valence electrons. The molecule has 3 aliphatic rings. The lowest BCUT2D eigenvalue weighted by Crippen LogP contribution is -2.53. The van der Waals surface area contributed by atoms with E-state index in [1.165, 1.54) is 64.1 Å². The minimum absolute atomic E-state index is 0.171. The number of fused-ring (bicyclic) bond motifs is 3. The zero-order chi connectivity index (χ0) is 28.7. The van der Waals surface area contributed by atoms with E-state index >= 15 is 0 Å². The zero-order valence-electron chi connectivity index (χ0n) is 27.4. The first-order valence-electron chi connectivity index (χ1n) is 16.3. The Bertz CT molecular complexity index is 784. The molecule has 10 atom stereocenters. The lowest BCUT2D eigenvalue weighted by molar-refractivity contribution is -0.117. The summed E-state index contributed by atoms with van der Waals surface area (Å²) in [5.41, 5.74) is 0.276. The highest BCUT2D eigenvalue weighted by molar-refractivity contribution is 6.74. The van der Waals surface area contributed by atoms with Gasteiger partial charge in [-0.2, -0.15) is 0 Å². The van der Waals surface area contributed by atoms with Crippen LogP contribution in [0.25, 0.3) is 0 Å². The van der Waals surface area contributed by atoms with Crippen LogP contribution in [0, 0.1) is 46.8 Å². The Morgan fingerprint density at radius 2 is 1.58 bits per heavy atom. The van der Waals surface area contributed by atoms with Crippen LogP contribution in [0.3, 0.4) is 0 Å². The minimum Gasteiger partial charge on any atom is -0.414 e. The van der Waals surface area contributed by atoms with E-state index in [0.717, 1.165) is 5.92 Å². The lowest BCUT2D eigenvalue weighted by atomic mass is 9.52. The zero-order valence-corrected chi connectivity index (χ0v) is 29.4. The maximum Gasteiger partial charge on any atom is 0.192 e. The summed E-state index contributed by atoms with van der Waals surface area (Å²) in [7, 11) is -3.55. The molecule has 3 saturated carbocycles. The fourth-order valence-corrected chi connectivity index (χ4v) is 11.4. The van der Waals surface area contributed by atoms with Gasteiger partial charge in [0, 0.05) is 12.0 Å². The van der Waals surface area contributed by atoms with Crippen molar-refractivity contribution < 1.29 is 13.6 Å². The second-order valence-corrected chi connectivity index (χ2v) is 25.8. The predicted octanol–water partition coefficient (Wildman–Crippen LogP) is 9.73. The van der Waals surface area contributed by atoms with Gasteiger partial charge in [-0.05, 0) is 130 Å². The van der Waals surface area contributed by atoms with Crippen molar-refractivity contribution in [3.05, 3.63) is 0 Å². The summed E-state index contributed by atoms with van der Waals surface area (Å²) in [6.07, 6.45) is 13.1. The van der Waals surface area contributed by atoms with Crippen molar-refractivity contribution in [2.24, 2.45) is 46.8 Å². The number of carbonyl (C=O) groups excluding carboxylic acids is 1. The van der Waals surface area contributed by atoms with Gasteiger partial charge in [-0.15, -0.1) is 0 Å². The normalized spacial score (nSPS) is 40.2. The molecule has 0 amide bonds. The van der Waals surface area contributed by atoms with Crippen LogP contribution >= 0.6 is 0 Å². The molecular formula is C33H64O3Si2. The minimum atomic E-state index is -1.81. The Morgan fingerprint density at radius 3 is 2.13 bits per heavy atom. The van der Waals surface area contributed by atoms with Crippen molar-refractivity contribution in [2.45, 2.75) is 156 Å². The highest BCUT2D eigenvalue weighted by Gasteiger charge is 2.58. The summed E-state index contributed by atoms with van der Waals surface area (Å²) in [5.74, 6) is 4.03. The Labute approximate surface area is 239 Å². The molecule has 3 rings (SSSR count). The largest absolute Gasteiger partial charge is 0.414 e. The summed E-state index contributed by atoms with van der Waals surface area (Å²) in [4.78, 5) is 11.9. The van der Waals surface area contributed by atoms with E-state index in [2.05, 4.69) is 81.2 Å². The quantitative estimate of drug-likeness (QED) is 0.228. The molecule has 3 fully saturated rings. The third kappa shape index (κ3) is 6.90. The lowest BCUT2D eigenvalue weighted by Gasteiger charge is -2.55. The topological polar surface area (TPSA) is 35.5 Å². The van der Waals surface area contributed by atoms with E-state index < -0.39 is 16.6 Å². The molecule has 5 heteroatoms. The van der Waals surface area contributed by atoms with Crippen molar-refractivity contribution in [1.82, 2.24) is 0 Å². The summed E-state index contributed by atoms with van der Waals surface area (Å²) in [5, 5.41) is 0.248. The first-order valence-corrected chi connectivity index (χ1v) is 22.6. The predicted molar refractivity (Wildman–Crippen MR) is 167 cm³/mol. The van der Waals surface area contributed by atoms with Gasteiger partial charge >= 0.3 is 0 Å². The Hall–Kier alpha value is 0.0238. The summed E-state index contributed by atoms with van der Waals surface area (Å²) in [6.45, 7) is 28.9. The Kier molecular flexibility index (Phi) is 10.4. The molecule has 0 spiro atoms. The molecule has 0 N–H and O–H groups in total. The van der Waals surface area contributed by atoms with Crippen molar-refractivity contribution in [3.8, 4) is 0 Å². The molecule has 0 aromatic rings.